The smallest absolute Gasteiger partial charge is 0.161 e. The fourth-order valence-corrected chi connectivity index (χ4v) is 1.75. The van der Waals surface area contributed by atoms with Gasteiger partial charge in [0.2, 0.25) is 0 Å². The van der Waals surface area contributed by atoms with E-state index in [1.54, 1.807) is 6.33 Å². The van der Waals surface area contributed by atoms with Gasteiger partial charge in [-0.25, -0.2) is 4.98 Å². The van der Waals surface area contributed by atoms with E-state index in [0.717, 1.165) is 18.5 Å². The van der Waals surface area contributed by atoms with Gasteiger partial charge in [-0.1, -0.05) is 30.3 Å². The molecule has 0 spiro atoms. The Hall–Kier alpha value is -2.08. The Kier molecular flexibility index (Phi) is 3.02. The van der Waals surface area contributed by atoms with Crippen LogP contribution in [0.3, 0.4) is 0 Å². The predicted molar refractivity (Wildman–Crippen MR) is 61.8 cm³/mol. The van der Waals surface area contributed by atoms with Crippen molar-refractivity contribution in [1.29, 1.82) is 5.26 Å². The van der Waals surface area contributed by atoms with Gasteiger partial charge in [-0.2, -0.15) is 5.26 Å². The first-order valence-corrected chi connectivity index (χ1v) is 5.25. The van der Waals surface area contributed by atoms with Crippen LogP contribution in [0.25, 0.3) is 0 Å². The van der Waals surface area contributed by atoms with E-state index in [1.165, 1.54) is 5.56 Å². The normalized spacial score (nSPS) is 10.0. The maximum atomic E-state index is 8.90. The lowest BCUT2D eigenvalue weighted by Gasteiger charge is -2.03. The summed E-state index contributed by atoms with van der Waals surface area (Å²) in [7, 11) is 1.92. The molecule has 0 atom stereocenters. The number of nitriles is 1. The highest BCUT2D eigenvalue weighted by atomic mass is 15.0. The maximum Gasteiger partial charge on any atom is 0.161 e. The minimum atomic E-state index is 0.540. The molecule has 0 aliphatic rings. The van der Waals surface area contributed by atoms with Crippen molar-refractivity contribution in [3.63, 3.8) is 0 Å². The SMILES string of the molecule is Cn1cnc(C#N)c1CCc1ccccc1. The summed E-state index contributed by atoms with van der Waals surface area (Å²) >= 11 is 0. The summed E-state index contributed by atoms with van der Waals surface area (Å²) in [5.74, 6) is 0. The highest BCUT2D eigenvalue weighted by molar-refractivity contribution is 5.27. The number of benzene rings is 1. The average Bonchev–Trinajstić information content (AvgIpc) is 2.69. The monoisotopic (exact) mass is 211 g/mol. The fraction of sp³-hybridized carbons (Fsp3) is 0.231. The van der Waals surface area contributed by atoms with E-state index in [4.69, 9.17) is 5.26 Å². The summed E-state index contributed by atoms with van der Waals surface area (Å²) in [6, 6.07) is 12.4. The molecule has 0 N–H and O–H groups in total. The van der Waals surface area contributed by atoms with E-state index >= 15 is 0 Å². The molecule has 1 aromatic heterocycles. The first-order chi connectivity index (χ1) is 7.81. The van der Waals surface area contributed by atoms with Crippen molar-refractivity contribution in [3.8, 4) is 6.07 Å². The molecule has 80 valence electrons. The van der Waals surface area contributed by atoms with Crippen LogP contribution in [-0.4, -0.2) is 9.55 Å². The quantitative estimate of drug-likeness (QED) is 0.780. The summed E-state index contributed by atoms with van der Waals surface area (Å²) in [6.07, 6.45) is 3.48. The largest absolute Gasteiger partial charge is 0.336 e. The second kappa shape index (κ2) is 4.63. The van der Waals surface area contributed by atoms with Gasteiger partial charge >= 0.3 is 0 Å². The van der Waals surface area contributed by atoms with Crippen LogP contribution < -0.4 is 0 Å². The highest BCUT2D eigenvalue weighted by Crippen LogP contribution is 2.10. The standard InChI is InChI=1S/C13H13N3/c1-16-10-15-12(9-14)13(16)8-7-11-5-3-2-4-6-11/h2-6,10H,7-8H2,1H3. The van der Waals surface area contributed by atoms with Gasteiger partial charge in [-0.3, -0.25) is 0 Å². The van der Waals surface area contributed by atoms with Gasteiger partial charge < -0.3 is 4.57 Å². The first-order valence-electron chi connectivity index (χ1n) is 5.25. The molecule has 0 saturated heterocycles. The van der Waals surface area contributed by atoms with Gasteiger partial charge in [0.25, 0.3) is 0 Å². The van der Waals surface area contributed by atoms with Gasteiger partial charge in [0.15, 0.2) is 5.69 Å². The summed E-state index contributed by atoms with van der Waals surface area (Å²) in [4.78, 5) is 4.05. The molecular formula is C13H13N3. The molecule has 0 saturated carbocycles. The molecule has 0 aliphatic heterocycles. The van der Waals surface area contributed by atoms with Gasteiger partial charge in [-0.15, -0.1) is 0 Å². The number of hydrogen-bond donors (Lipinski definition) is 0. The first kappa shape index (κ1) is 10.4. The fourth-order valence-electron chi connectivity index (χ4n) is 1.75. The molecule has 0 fully saturated rings. The van der Waals surface area contributed by atoms with Crippen LogP contribution in [0, 0.1) is 11.3 Å². The number of imidazole rings is 1. The van der Waals surface area contributed by atoms with Gasteiger partial charge in [0, 0.05) is 7.05 Å². The molecule has 2 aromatic rings. The van der Waals surface area contributed by atoms with E-state index in [0.29, 0.717) is 5.69 Å². The molecule has 0 aliphatic carbocycles. The highest BCUT2D eigenvalue weighted by Gasteiger charge is 2.07. The van der Waals surface area contributed by atoms with Gasteiger partial charge in [-0.05, 0) is 18.4 Å². The third-order valence-electron chi connectivity index (χ3n) is 2.66. The molecule has 3 heteroatoms. The van der Waals surface area contributed by atoms with Crippen molar-refractivity contribution in [2.75, 3.05) is 0 Å². The van der Waals surface area contributed by atoms with Gasteiger partial charge in [0.05, 0.1) is 12.0 Å². The number of rotatable bonds is 3. The summed E-state index contributed by atoms with van der Waals surface area (Å²) in [6.45, 7) is 0. The third-order valence-corrected chi connectivity index (χ3v) is 2.66. The minimum absolute atomic E-state index is 0.540. The summed E-state index contributed by atoms with van der Waals surface area (Å²) < 4.78 is 1.92. The van der Waals surface area contributed by atoms with E-state index in [-0.39, 0.29) is 0 Å². The summed E-state index contributed by atoms with van der Waals surface area (Å²) in [5.41, 5.74) is 2.83. The van der Waals surface area contributed by atoms with E-state index in [2.05, 4.69) is 23.2 Å². The van der Waals surface area contributed by atoms with E-state index in [1.807, 2.05) is 29.8 Å². The molecule has 0 unspecified atom stereocenters. The van der Waals surface area contributed by atoms with Crippen LogP contribution in [-0.2, 0) is 19.9 Å². The zero-order chi connectivity index (χ0) is 11.4. The van der Waals surface area contributed by atoms with Gasteiger partial charge in [0.1, 0.15) is 6.07 Å². The average molecular weight is 211 g/mol. The van der Waals surface area contributed by atoms with Crippen molar-refractivity contribution < 1.29 is 0 Å². The lowest BCUT2D eigenvalue weighted by Crippen LogP contribution is -2.00. The predicted octanol–water partition coefficient (Wildman–Crippen LogP) is 2.08. The topological polar surface area (TPSA) is 41.6 Å². The van der Waals surface area contributed by atoms with Crippen molar-refractivity contribution in [1.82, 2.24) is 9.55 Å². The van der Waals surface area contributed by atoms with Crippen LogP contribution in [0.2, 0.25) is 0 Å². The molecule has 0 radical (unpaired) electrons. The molecule has 1 heterocycles. The lowest BCUT2D eigenvalue weighted by atomic mass is 10.1. The van der Waals surface area contributed by atoms with Crippen LogP contribution in [0.5, 0.6) is 0 Å². The molecule has 2 rings (SSSR count). The van der Waals surface area contributed by atoms with Crippen LogP contribution in [0.1, 0.15) is 17.0 Å². The van der Waals surface area contributed by atoms with E-state index < -0.39 is 0 Å². The molecule has 1 aromatic carbocycles. The Labute approximate surface area is 95.0 Å². The molecule has 0 amide bonds. The third kappa shape index (κ3) is 2.12. The van der Waals surface area contributed by atoms with Crippen LogP contribution in [0.4, 0.5) is 0 Å². The minimum Gasteiger partial charge on any atom is -0.336 e. The number of nitrogens with zero attached hydrogens (tertiary/aromatic N) is 3. The molecular weight excluding hydrogens is 198 g/mol. The van der Waals surface area contributed by atoms with Crippen LogP contribution >= 0.6 is 0 Å². The number of aromatic nitrogens is 2. The number of hydrogen-bond acceptors (Lipinski definition) is 2. The molecule has 16 heavy (non-hydrogen) atoms. The zero-order valence-corrected chi connectivity index (χ0v) is 9.22. The zero-order valence-electron chi connectivity index (χ0n) is 9.22. The Morgan fingerprint density at radius 1 is 1.25 bits per heavy atom. The Morgan fingerprint density at radius 3 is 2.69 bits per heavy atom. The summed E-state index contributed by atoms with van der Waals surface area (Å²) in [5, 5.41) is 8.90. The Bertz CT molecular complexity index is 506. The second-order valence-electron chi connectivity index (χ2n) is 3.75. The Morgan fingerprint density at radius 2 is 2.00 bits per heavy atom. The second-order valence-corrected chi connectivity index (χ2v) is 3.75. The lowest BCUT2D eigenvalue weighted by molar-refractivity contribution is 0.796. The molecule has 3 nitrogen and oxygen atoms in total. The van der Waals surface area contributed by atoms with Crippen molar-refractivity contribution in [3.05, 3.63) is 53.6 Å². The Balaban J connectivity index is 2.11. The number of aryl methyl sites for hydroxylation is 2. The maximum absolute atomic E-state index is 8.90. The van der Waals surface area contributed by atoms with Crippen molar-refractivity contribution >= 4 is 0 Å². The van der Waals surface area contributed by atoms with E-state index in [9.17, 15) is 0 Å². The van der Waals surface area contributed by atoms with Crippen molar-refractivity contribution in [2.45, 2.75) is 12.8 Å². The molecule has 0 bridgehead atoms. The van der Waals surface area contributed by atoms with Crippen LogP contribution in [0.15, 0.2) is 36.7 Å². The van der Waals surface area contributed by atoms with Crippen molar-refractivity contribution in [2.24, 2.45) is 7.05 Å².